The number of nitrogens with one attached hydrogen (secondary N) is 1. The summed E-state index contributed by atoms with van der Waals surface area (Å²) in [5.41, 5.74) is 1.86. The molecule has 0 aliphatic heterocycles. The van der Waals surface area contributed by atoms with Gasteiger partial charge >= 0.3 is 0 Å². The number of sulfonamides is 1. The average molecular weight is 526 g/mol. The molecule has 0 heterocycles. The zero-order valence-corrected chi connectivity index (χ0v) is 22.2. The van der Waals surface area contributed by atoms with Crippen LogP contribution in [0, 0.1) is 12.7 Å². The molecule has 7 nitrogen and oxygen atoms in total. The van der Waals surface area contributed by atoms with E-state index in [0.717, 1.165) is 9.87 Å². The summed E-state index contributed by atoms with van der Waals surface area (Å²) < 4.78 is 41.8. The largest absolute Gasteiger partial charge is 0.352 e. The number of anilines is 1. The van der Waals surface area contributed by atoms with Crippen LogP contribution in [0.3, 0.4) is 0 Å². The number of hydrogen-bond donors (Lipinski definition) is 1. The van der Waals surface area contributed by atoms with Crippen LogP contribution in [-0.2, 0) is 26.2 Å². The highest BCUT2D eigenvalue weighted by atomic mass is 32.2. The lowest BCUT2D eigenvalue weighted by atomic mass is 10.1. The van der Waals surface area contributed by atoms with Crippen molar-refractivity contribution in [1.29, 1.82) is 0 Å². The Balaban J connectivity index is 2.00. The second-order valence-electron chi connectivity index (χ2n) is 9.15. The molecular weight excluding hydrogens is 493 g/mol. The Labute approximate surface area is 218 Å². The maximum Gasteiger partial charge on any atom is 0.264 e. The highest BCUT2D eigenvalue weighted by molar-refractivity contribution is 7.92. The van der Waals surface area contributed by atoms with Gasteiger partial charge in [0.15, 0.2) is 0 Å². The minimum atomic E-state index is -4.10. The minimum Gasteiger partial charge on any atom is -0.352 e. The highest BCUT2D eigenvalue weighted by Crippen LogP contribution is 2.25. The summed E-state index contributed by atoms with van der Waals surface area (Å²) in [6, 6.07) is 19.2. The van der Waals surface area contributed by atoms with Crippen LogP contribution in [0.2, 0.25) is 0 Å². The van der Waals surface area contributed by atoms with Crippen molar-refractivity contribution in [3.05, 3.63) is 95.8 Å². The smallest absolute Gasteiger partial charge is 0.264 e. The van der Waals surface area contributed by atoms with E-state index in [2.05, 4.69) is 5.32 Å². The Kier molecular flexibility index (Phi) is 9.04. The molecule has 2 amide bonds. The van der Waals surface area contributed by atoms with Gasteiger partial charge in [-0.15, -0.1) is 0 Å². The predicted octanol–water partition coefficient (Wildman–Crippen LogP) is 4.27. The molecule has 1 atom stereocenters. The summed E-state index contributed by atoms with van der Waals surface area (Å²) in [5.74, 6) is -1.37. The van der Waals surface area contributed by atoms with Crippen molar-refractivity contribution in [1.82, 2.24) is 10.2 Å². The van der Waals surface area contributed by atoms with Crippen LogP contribution in [0.1, 0.15) is 31.9 Å². The van der Waals surface area contributed by atoms with Crippen LogP contribution < -0.4 is 9.62 Å². The van der Waals surface area contributed by atoms with Crippen molar-refractivity contribution < 1.29 is 22.4 Å². The van der Waals surface area contributed by atoms with Gasteiger partial charge in [-0.05, 0) is 69.7 Å². The zero-order chi connectivity index (χ0) is 27.2. The van der Waals surface area contributed by atoms with E-state index < -0.39 is 34.3 Å². The molecule has 0 spiro atoms. The molecule has 196 valence electrons. The maximum atomic E-state index is 13.7. The SMILES string of the molecule is Cc1ccc(N(CC(=O)N(Cc2ccc(F)cc2)[C@@H](C)C(=O)NC(C)C)S(=O)(=O)c2ccccc2)cc1. The predicted molar refractivity (Wildman–Crippen MR) is 142 cm³/mol. The molecule has 0 aliphatic rings. The Morgan fingerprint density at radius 3 is 2.05 bits per heavy atom. The Hall–Kier alpha value is -3.72. The van der Waals surface area contributed by atoms with E-state index in [9.17, 15) is 22.4 Å². The molecule has 0 fully saturated rings. The number of carbonyl (C=O) groups is 2. The monoisotopic (exact) mass is 525 g/mol. The molecule has 0 radical (unpaired) electrons. The van der Waals surface area contributed by atoms with Crippen LogP contribution >= 0.6 is 0 Å². The first-order valence-electron chi connectivity index (χ1n) is 12.0. The first kappa shape index (κ1) is 27.9. The fraction of sp³-hybridized carbons (Fsp3) is 0.286. The second kappa shape index (κ2) is 12.0. The molecule has 0 aromatic heterocycles. The van der Waals surface area contributed by atoms with Gasteiger partial charge < -0.3 is 10.2 Å². The summed E-state index contributed by atoms with van der Waals surface area (Å²) in [5, 5.41) is 2.80. The van der Waals surface area contributed by atoms with Crippen molar-refractivity contribution in [3.63, 3.8) is 0 Å². The third kappa shape index (κ3) is 7.16. The fourth-order valence-corrected chi connectivity index (χ4v) is 5.17. The number of hydrogen-bond acceptors (Lipinski definition) is 4. The first-order chi connectivity index (χ1) is 17.5. The molecule has 0 saturated heterocycles. The number of benzene rings is 3. The lowest BCUT2D eigenvalue weighted by Crippen LogP contribution is -2.52. The summed E-state index contributed by atoms with van der Waals surface area (Å²) in [4.78, 5) is 28.0. The molecule has 0 unspecified atom stereocenters. The van der Waals surface area contributed by atoms with Crippen molar-refractivity contribution >= 4 is 27.5 Å². The Bertz CT molecular complexity index is 1310. The number of carbonyl (C=O) groups excluding carboxylic acids is 2. The van der Waals surface area contributed by atoms with Crippen LogP contribution in [-0.4, -0.2) is 43.8 Å². The Morgan fingerprint density at radius 1 is 0.892 bits per heavy atom. The summed E-state index contributed by atoms with van der Waals surface area (Å²) in [6.45, 7) is 6.55. The van der Waals surface area contributed by atoms with Gasteiger partial charge in [0.05, 0.1) is 10.6 Å². The molecule has 0 saturated carbocycles. The molecule has 37 heavy (non-hydrogen) atoms. The molecule has 9 heteroatoms. The minimum absolute atomic E-state index is 0.00107. The first-order valence-corrected chi connectivity index (χ1v) is 13.4. The van der Waals surface area contributed by atoms with Gasteiger partial charge in [-0.1, -0.05) is 48.0 Å². The molecule has 0 aliphatic carbocycles. The van der Waals surface area contributed by atoms with Gasteiger partial charge in [0.25, 0.3) is 10.0 Å². The molecule has 1 N–H and O–H groups in total. The van der Waals surface area contributed by atoms with E-state index in [1.807, 2.05) is 20.8 Å². The van der Waals surface area contributed by atoms with Crippen LogP contribution in [0.25, 0.3) is 0 Å². The Morgan fingerprint density at radius 2 is 1.49 bits per heavy atom. The van der Waals surface area contributed by atoms with Gasteiger partial charge in [-0.25, -0.2) is 12.8 Å². The van der Waals surface area contributed by atoms with Crippen LogP contribution in [0.15, 0.2) is 83.8 Å². The molecule has 3 aromatic rings. The molecule has 0 bridgehead atoms. The zero-order valence-electron chi connectivity index (χ0n) is 21.4. The lowest BCUT2D eigenvalue weighted by Gasteiger charge is -2.32. The summed E-state index contributed by atoms with van der Waals surface area (Å²) in [6.07, 6.45) is 0. The average Bonchev–Trinajstić information content (AvgIpc) is 2.87. The van der Waals surface area contributed by atoms with Gasteiger partial charge in [0.1, 0.15) is 18.4 Å². The quantitative estimate of drug-likeness (QED) is 0.428. The second-order valence-corrected chi connectivity index (χ2v) is 11.0. The van der Waals surface area contributed by atoms with E-state index in [4.69, 9.17) is 0 Å². The van der Waals surface area contributed by atoms with Crippen molar-refractivity contribution in [2.45, 2.75) is 51.2 Å². The normalized spacial score (nSPS) is 12.2. The lowest BCUT2D eigenvalue weighted by molar-refractivity contribution is -0.139. The van der Waals surface area contributed by atoms with Crippen LogP contribution in [0.5, 0.6) is 0 Å². The van der Waals surface area contributed by atoms with E-state index in [1.165, 1.54) is 41.3 Å². The van der Waals surface area contributed by atoms with Crippen molar-refractivity contribution in [2.75, 3.05) is 10.8 Å². The number of aryl methyl sites for hydroxylation is 1. The molecule has 3 aromatic carbocycles. The van der Waals surface area contributed by atoms with Gasteiger partial charge in [-0.3, -0.25) is 13.9 Å². The van der Waals surface area contributed by atoms with E-state index in [0.29, 0.717) is 11.3 Å². The fourth-order valence-electron chi connectivity index (χ4n) is 3.73. The standard InChI is InChI=1S/C28H32FN3O4S/c1-20(2)30-28(34)22(4)31(18-23-12-14-24(29)15-13-23)27(33)19-32(25-16-10-21(3)11-17-25)37(35,36)26-8-6-5-7-9-26/h5-17,20,22H,18-19H2,1-4H3,(H,30,34)/t22-/m0/s1. The number of nitrogens with zero attached hydrogens (tertiary/aromatic N) is 2. The summed E-state index contributed by atoms with van der Waals surface area (Å²) >= 11 is 0. The van der Waals surface area contributed by atoms with E-state index in [1.54, 1.807) is 49.4 Å². The van der Waals surface area contributed by atoms with Gasteiger partial charge in [-0.2, -0.15) is 0 Å². The van der Waals surface area contributed by atoms with Crippen LogP contribution in [0.4, 0.5) is 10.1 Å². The highest BCUT2D eigenvalue weighted by Gasteiger charge is 2.32. The molecule has 3 rings (SSSR count). The topological polar surface area (TPSA) is 86.8 Å². The number of rotatable bonds is 10. The van der Waals surface area contributed by atoms with Gasteiger partial charge in [0, 0.05) is 12.6 Å². The number of amides is 2. The third-order valence-corrected chi connectivity index (χ3v) is 7.58. The number of halogens is 1. The molecular formula is C28H32FN3O4S. The maximum absolute atomic E-state index is 13.7. The van der Waals surface area contributed by atoms with E-state index in [-0.39, 0.29) is 23.4 Å². The van der Waals surface area contributed by atoms with E-state index >= 15 is 0 Å². The van der Waals surface area contributed by atoms with Gasteiger partial charge in [0.2, 0.25) is 11.8 Å². The van der Waals surface area contributed by atoms with Crippen molar-refractivity contribution in [2.24, 2.45) is 0 Å². The summed E-state index contributed by atoms with van der Waals surface area (Å²) in [7, 11) is -4.10. The third-order valence-electron chi connectivity index (χ3n) is 5.80. The van der Waals surface area contributed by atoms with Crippen molar-refractivity contribution in [3.8, 4) is 0 Å².